The van der Waals surface area contributed by atoms with Gasteiger partial charge < -0.3 is 9.47 Å². The summed E-state index contributed by atoms with van der Waals surface area (Å²) in [6, 6.07) is 3.26. The number of alkyl carbamates (subject to hydrolysis) is 1. The van der Waals surface area contributed by atoms with Gasteiger partial charge in [-0.25, -0.2) is 4.79 Å². The van der Waals surface area contributed by atoms with Gasteiger partial charge in [-0.2, -0.15) is 0 Å². The summed E-state index contributed by atoms with van der Waals surface area (Å²) in [5.74, 6) is -0.0285. The Hall–Kier alpha value is -1.75. The molecule has 0 spiro atoms. The van der Waals surface area contributed by atoms with E-state index in [4.69, 9.17) is 21.1 Å². The van der Waals surface area contributed by atoms with Crippen LogP contribution in [0.25, 0.3) is 0 Å². The molecule has 0 bridgehead atoms. The third-order valence-electron chi connectivity index (χ3n) is 2.44. The number of cyclic esters (lactones) is 1. The number of ether oxygens (including phenoxy) is 2. The highest BCUT2D eigenvalue weighted by atomic mass is 35.5. The van der Waals surface area contributed by atoms with Crippen LogP contribution in [-0.4, -0.2) is 19.1 Å². The summed E-state index contributed by atoms with van der Waals surface area (Å²) in [5.41, 5.74) is 1.21. The van der Waals surface area contributed by atoms with Crippen LogP contribution in [0.15, 0.2) is 12.1 Å². The van der Waals surface area contributed by atoms with Gasteiger partial charge in [0.1, 0.15) is 5.75 Å². The lowest BCUT2D eigenvalue weighted by molar-refractivity contribution is -0.123. The van der Waals surface area contributed by atoms with E-state index in [0.717, 1.165) is 5.56 Å². The van der Waals surface area contributed by atoms with E-state index in [1.165, 1.54) is 7.11 Å². The Labute approximate surface area is 103 Å². The van der Waals surface area contributed by atoms with Gasteiger partial charge in [-0.3, -0.25) is 10.1 Å². The quantitative estimate of drug-likeness (QED) is 0.877. The summed E-state index contributed by atoms with van der Waals surface area (Å²) < 4.78 is 10.1. The van der Waals surface area contributed by atoms with Crippen molar-refractivity contribution in [2.75, 3.05) is 7.11 Å². The number of halogens is 1. The lowest BCUT2D eigenvalue weighted by Crippen LogP contribution is -2.20. The zero-order valence-corrected chi connectivity index (χ0v) is 10.00. The topological polar surface area (TPSA) is 64.6 Å². The monoisotopic (exact) mass is 255 g/mol. The largest absolute Gasteiger partial charge is 0.496 e. The zero-order chi connectivity index (χ0) is 12.6. The minimum Gasteiger partial charge on any atom is -0.496 e. The Balaban J connectivity index is 2.51. The van der Waals surface area contributed by atoms with Gasteiger partial charge in [0.2, 0.25) is 6.10 Å². The molecule has 5 nitrogen and oxygen atoms in total. The van der Waals surface area contributed by atoms with Crippen molar-refractivity contribution in [3.8, 4) is 5.75 Å². The number of rotatable bonds is 2. The second kappa shape index (κ2) is 4.25. The maximum absolute atomic E-state index is 11.5. The number of carbonyl (C=O) groups excluding carboxylic acids is 2. The fraction of sp³-hybridized carbons (Fsp3) is 0.273. The van der Waals surface area contributed by atoms with Crippen molar-refractivity contribution in [2.24, 2.45) is 0 Å². The summed E-state index contributed by atoms with van der Waals surface area (Å²) in [6.45, 7) is 1.79. The van der Waals surface area contributed by atoms with E-state index >= 15 is 0 Å². The third-order valence-corrected chi connectivity index (χ3v) is 2.66. The van der Waals surface area contributed by atoms with Crippen LogP contribution in [0.1, 0.15) is 17.2 Å². The van der Waals surface area contributed by atoms with Gasteiger partial charge in [0.05, 0.1) is 7.11 Å². The molecule has 90 valence electrons. The molecule has 1 aliphatic rings. The zero-order valence-electron chi connectivity index (χ0n) is 9.24. The molecule has 1 fully saturated rings. The maximum atomic E-state index is 11.5. The molecule has 1 unspecified atom stereocenters. The summed E-state index contributed by atoms with van der Waals surface area (Å²) >= 11 is 5.91. The van der Waals surface area contributed by atoms with E-state index in [2.05, 4.69) is 5.32 Å². The van der Waals surface area contributed by atoms with Crippen LogP contribution >= 0.6 is 11.6 Å². The fourth-order valence-corrected chi connectivity index (χ4v) is 2.07. The molecule has 0 aliphatic carbocycles. The number of amides is 2. The summed E-state index contributed by atoms with van der Waals surface area (Å²) in [5, 5.41) is 2.51. The fourth-order valence-electron chi connectivity index (χ4n) is 1.79. The number of nitrogens with one attached hydrogen (secondary N) is 1. The first-order valence-electron chi connectivity index (χ1n) is 4.88. The van der Waals surface area contributed by atoms with Crippen molar-refractivity contribution in [3.05, 3.63) is 28.3 Å². The van der Waals surface area contributed by atoms with Gasteiger partial charge in [-0.15, -0.1) is 0 Å². The standard InChI is InChI=1S/C11H10ClNO4/c1-5-3-6(12)4-7(8(5)16-2)9-10(14)13-11(15)17-9/h3-4,9H,1-2H3,(H,13,14,15). The number of hydrogen-bond donors (Lipinski definition) is 1. The molecule has 1 aromatic carbocycles. The molecule has 1 atom stereocenters. The minimum atomic E-state index is -1.00. The van der Waals surface area contributed by atoms with Crippen molar-refractivity contribution in [2.45, 2.75) is 13.0 Å². The van der Waals surface area contributed by atoms with Gasteiger partial charge in [-0.1, -0.05) is 11.6 Å². The lowest BCUT2D eigenvalue weighted by Gasteiger charge is -2.14. The summed E-state index contributed by atoms with van der Waals surface area (Å²) in [4.78, 5) is 22.5. The number of benzene rings is 1. The average molecular weight is 256 g/mol. The number of carbonyl (C=O) groups is 2. The first kappa shape index (κ1) is 11.7. The molecule has 2 amide bonds. The van der Waals surface area contributed by atoms with Crippen molar-refractivity contribution >= 4 is 23.6 Å². The molecule has 0 radical (unpaired) electrons. The van der Waals surface area contributed by atoms with E-state index in [1.807, 2.05) is 0 Å². The van der Waals surface area contributed by atoms with Crippen molar-refractivity contribution in [1.29, 1.82) is 0 Å². The van der Waals surface area contributed by atoms with Gasteiger partial charge >= 0.3 is 6.09 Å². The van der Waals surface area contributed by atoms with E-state index < -0.39 is 18.1 Å². The second-order valence-corrected chi connectivity index (χ2v) is 4.06. The van der Waals surface area contributed by atoms with Crippen molar-refractivity contribution in [1.82, 2.24) is 5.32 Å². The molecule has 1 N–H and O–H groups in total. The van der Waals surface area contributed by atoms with Crippen LogP contribution in [0.2, 0.25) is 5.02 Å². The molecule has 0 aromatic heterocycles. The van der Waals surface area contributed by atoms with E-state index in [-0.39, 0.29) is 0 Å². The van der Waals surface area contributed by atoms with E-state index in [0.29, 0.717) is 16.3 Å². The predicted molar refractivity (Wildman–Crippen MR) is 60.1 cm³/mol. The molecule has 17 heavy (non-hydrogen) atoms. The predicted octanol–water partition coefficient (Wildman–Crippen LogP) is 1.96. The van der Waals surface area contributed by atoms with Crippen LogP contribution in [0.4, 0.5) is 4.79 Å². The summed E-state index contributed by atoms with van der Waals surface area (Å²) in [6.07, 6.45) is -1.77. The van der Waals surface area contributed by atoms with E-state index in [1.54, 1.807) is 19.1 Å². The first-order valence-corrected chi connectivity index (χ1v) is 5.26. The molecule has 1 aliphatic heterocycles. The molecule has 1 aromatic rings. The average Bonchev–Trinajstić information content (AvgIpc) is 2.56. The van der Waals surface area contributed by atoms with Gasteiger partial charge in [0, 0.05) is 10.6 Å². The molecule has 1 saturated heterocycles. The number of imide groups is 1. The summed E-state index contributed by atoms with van der Waals surface area (Å²) in [7, 11) is 1.48. The normalized spacial score (nSPS) is 18.9. The highest BCUT2D eigenvalue weighted by Gasteiger charge is 2.36. The van der Waals surface area contributed by atoms with Gasteiger partial charge in [0.25, 0.3) is 5.91 Å². The van der Waals surface area contributed by atoms with Crippen LogP contribution in [0.5, 0.6) is 5.75 Å². The smallest absolute Gasteiger partial charge is 0.415 e. The molecule has 2 rings (SSSR count). The Morgan fingerprint density at radius 3 is 2.65 bits per heavy atom. The van der Waals surface area contributed by atoms with Gasteiger partial charge in [0.15, 0.2) is 0 Å². The minimum absolute atomic E-state index is 0.445. The van der Waals surface area contributed by atoms with Crippen LogP contribution in [0, 0.1) is 6.92 Å². The van der Waals surface area contributed by atoms with Crippen LogP contribution < -0.4 is 10.1 Å². The van der Waals surface area contributed by atoms with Crippen LogP contribution in [0.3, 0.4) is 0 Å². The Bertz CT molecular complexity index is 500. The Morgan fingerprint density at radius 2 is 2.12 bits per heavy atom. The first-order chi connectivity index (χ1) is 8.02. The molecule has 1 heterocycles. The third kappa shape index (κ3) is 2.06. The number of aryl methyl sites for hydroxylation is 1. The highest BCUT2D eigenvalue weighted by Crippen LogP contribution is 2.35. The molecule has 0 saturated carbocycles. The number of hydrogen-bond acceptors (Lipinski definition) is 4. The van der Waals surface area contributed by atoms with Gasteiger partial charge in [-0.05, 0) is 24.6 Å². The Kier molecular flexibility index (Phi) is 2.93. The van der Waals surface area contributed by atoms with Crippen molar-refractivity contribution < 1.29 is 19.1 Å². The number of methoxy groups -OCH3 is 1. The SMILES string of the molecule is COc1c(C)cc(Cl)cc1C1OC(=O)NC1=O. The molecular weight excluding hydrogens is 246 g/mol. The molecule has 6 heteroatoms. The van der Waals surface area contributed by atoms with E-state index in [9.17, 15) is 9.59 Å². The van der Waals surface area contributed by atoms with Crippen LogP contribution in [-0.2, 0) is 9.53 Å². The highest BCUT2D eigenvalue weighted by molar-refractivity contribution is 6.30. The maximum Gasteiger partial charge on any atom is 0.415 e. The lowest BCUT2D eigenvalue weighted by atomic mass is 10.0. The molecular formula is C11H10ClNO4. The Morgan fingerprint density at radius 1 is 1.41 bits per heavy atom. The second-order valence-electron chi connectivity index (χ2n) is 3.62. The van der Waals surface area contributed by atoms with Crippen molar-refractivity contribution in [3.63, 3.8) is 0 Å².